The fourth-order valence-electron chi connectivity index (χ4n) is 2.74. The first-order valence-corrected chi connectivity index (χ1v) is 9.20. The fourth-order valence-corrected chi connectivity index (χ4v) is 2.91. The Kier molecular flexibility index (Phi) is 8.48. The molecule has 1 aliphatic heterocycles. The van der Waals surface area contributed by atoms with Gasteiger partial charge < -0.3 is 19.3 Å². The van der Waals surface area contributed by atoms with E-state index in [1.807, 2.05) is 20.8 Å². The number of hydrogen-bond donors (Lipinski definition) is 0. The van der Waals surface area contributed by atoms with Gasteiger partial charge in [0.25, 0.3) is 0 Å². The van der Waals surface area contributed by atoms with E-state index in [1.54, 1.807) is 11.8 Å². The average molecular weight is 377 g/mol. The molecule has 7 nitrogen and oxygen atoms in total. The van der Waals surface area contributed by atoms with Crippen molar-refractivity contribution in [2.75, 3.05) is 32.1 Å². The summed E-state index contributed by atoms with van der Waals surface area (Å²) in [6.45, 7) is 8.32. The quantitative estimate of drug-likeness (QED) is 0.503. The third kappa shape index (κ3) is 7.50. The molecule has 0 aliphatic carbocycles. The summed E-state index contributed by atoms with van der Waals surface area (Å²) in [5.41, 5.74) is -0.547. The maximum atomic E-state index is 12.3. The van der Waals surface area contributed by atoms with Crippen molar-refractivity contribution in [3.8, 4) is 0 Å². The highest BCUT2D eigenvalue weighted by Gasteiger charge is 2.32. The zero-order chi connectivity index (χ0) is 19.0. The standard InChI is InChI=1S/C17H29ClN2O5/c1-5-24-15(22)12-19(14(21)11-18)10-8-13-7-6-9-20(13)16(23)25-17(2,3)4/h13H,5-12H2,1-4H3/t13-/m1/s1. The second-order valence-corrected chi connectivity index (χ2v) is 7.28. The van der Waals surface area contributed by atoms with Crippen LogP contribution in [0, 0.1) is 0 Å². The predicted octanol–water partition coefficient (Wildman–Crippen LogP) is 2.41. The van der Waals surface area contributed by atoms with Crippen molar-refractivity contribution in [3.63, 3.8) is 0 Å². The smallest absolute Gasteiger partial charge is 0.410 e. The van der Waals surface area contributed by atoms with E-state index in [0.717, 1.165) is 12.8 Å². The Morgan fingerprint density at radius 1 is 1.28 bits per heavy atom. The SMILES string of the molecule is CCOC(=O)CN(CC[C@H]1CCCN1C(=O)OC(C)(C)C)C(=O)CCl. The molecule has 0 N–H and O–H groups in total. The molecule has 25 heavy (non-hydrogen) atoms. The Labute approximate surface area is 154 Å². The van der Waals surface area contributed by atoms with Crippen molar-refractivity contribution in [2.45, 2.75) is 58.6 Å². The van der Waals surface area contributed by atoms with Crippen LogP contribution in [0.4, 0.5) is 4.79 Å². The van der Waals surface area contributed by atoms with Crippen molar-refractivity contribution >= 4 is 29.6 Å². The van der Waals surface area contributed by atoms with Gasteiger partial charge in [0.1, 0.15) is 18.0 Å². The molecule has 0 spiro atoms. The summed E-state index contributed by atoms with van der Waals surface area (Å²) in [5, 5.41) is 0. The highest BCUT2D eigenvalue weighted by atomic mass is 35.5. The molecule has 0 bridgehead atoms. The van der Waals surface area contributed by atoms with Crippen molar-refractivity contribution < 1.29 is 23.9 Å². The van der Waals surface area contributed by atoms with Crippen LogP contribution in [-0.4, -0.2) is 71.5 Å². The topological polar surface area (TPSA) is 76.2 Å². The van der Waals surface area contributed by atoms with Crippen LogP contribution in [0.3, 0.4) is 0 Å². The summed E-state index contributed by atoms with van der Waals surface area (Å²) >= 11 is 5.63. The molecule has 1 fully saturated rings. The molecular weight excluding hydrogens is 348 g/mol. The highest BCUT2D eigenvalue weighted by Crippen LogP contribution is 2.23. The Hall–Kier alpha value is -1.50. The van der Waals surface area contributed by atoms with Gasteiger partial charge in [0.05, 0.1) is 6.61 Å². The summed E-state index contributed by atoms with van der Waals surface area (Å²) in [5.74, 6) is -0.979. The number of alkyl halides is 1. The first-order valence-electron chi connectivity index (χ1n) is 8.67. The third-order valence-corrected chi connectivity index (χ3v) is 4.06. The zero-order valence-electron chi connectivity index (χ0n) is 15.5. The molecule has 144 valence electrons. The number of rotatable bonds is 7. The van der Waals surface area contributed by atoms with Crippen LogP contribution < -0.4 is 0 Å². The number of ether oxygens (including phenoxy) is 2. The monoisotopic (exact) mass is 376 g/mol. The number of carbonyl (C=O) groups is 3. The molecular formula is C17H29ClN2O5. The van der Waals surface area contributed by atoms with Gasteiger partial charge in [0.2, 0.25) is 5.91 Å². The number of hydrogen-bond acceptors (Lipinski definition) is 5. The van der Waals surface area contributed by atoms with Gasteiger partial charge in [-0.3, -0.25) is 9.59 Å². The van der Waals surface area contributed by atoms with Crippen molar-refractivity contribution in [2.24, 2.45) is 0 Å². The molecule has 8 heteroatoms. The van der Waals surface area contributed by atoms with E-state index in [0.29, 0.717) is 19.5 Å². The summed E-state index contributed by atoms with van der Waals surface area (Å²) in [6.07, 6.45) is 1.98. The second kappa shape index (κ2) is 9.85. The molecule has 0 unspecified atom stereocenters. The van der Waals surface area contributed by atoms with Gasteiger partial charge in [-0.1, -0.05) is 0 Å². The largest absolute Gasteiger partial charge is 0.465 e. The van der Waals surface area contributed by atoms with Gasteiger partial charge in [0.15, 0.2) is 0 Å². The van der Waals surface area contributed by atoms with Gasteiger partial charge in [0, 0.05) is 19.1 Å². The predicted molar refractivity (Wildman–Crippen MR) is 94.5 cm³/mol. The summed E-state index contributed by atoms with van der Waals surface area (Å²) < 4.78 is 10.3. The number of amides is 2. The lowest BCUT2D eigenvalue weighted by Crippen LogP contribution is -2.43. The zero-order valence-corrected chi connectivity index (χ0v) is 16.3. The molecule has 1 rings (SSSR count). The third-order valence-electron chi connectivity index (χ3n) is 3.83. The van der Waals surface area contributed by atoms with E-state index in [9.17, 15) is 14.4 Å². The van der Waals surface area contributed by atoms with Crippen LogP contribution in [-0.2, 0) is 19.1 Å². The Balaban J connectivity index is 2.62. The highest BCUT2D eigenvalue weighted by molar-refractivity contribution is 6.27. The molecule has 2 amide bonds. The maximum absolute atomic E-state index is 12.3. The Morgan fingerprint density at radius 3 is 2.52 bits per heavy atom. The number of nitrogens with zero attached hydrogens (tertiary/aromatic N) is 2. The minimum Gasteiger partial charge on any atom is -0.465 e. The van der Waals surface area contributed by atoms with Crippen molar-refractivity contribution in [3.05, 3.63) is 0 Å². The van der Waals surface area contributed by atoms with E-state index >= 15 is 0 Å². The summed E-state index contributed by atoms with van der Waals surface area (Å²) in [6, 6.07) is -0.0114. The normalized spacial score (nSPS) is 17.3. The van der Waals surface area contributed by atoms with Gasteiger partial charge in [-0.2, -0.15) is 0 Å². The van der Waals surface area contributed by atoms with E-state index in [-0.39, 0.29) is 37.1 Å². The number of likely N-dealkylation sites (tertiary alicyclic amines) is 1. The second-order valence-electron chi connectivity index (χ2n) is 7.01. The maximum Gasteiger partial charge on any atom is 0.410 e. The Bertz CT molecular complexity index is 478. The molecule has 1 heterocycles. The first-order chi connectivity index (χ1) is 11.7. The van der Waals surface area contributed by atoms with Crippen molar-refractivity contribution in [1.29, 1.82) is 0 Å². The van der Waals surface area contributed by atoms with Crippen LogP contribution in [0.15, 0.2) is 0 Å². The van der Waals surface area contributed by atoms with E-state index in [1.165, 1.54) is 4.90 Å². The lowest BCUT2D eigenvalue weighted by molar-refractivity contribution is -0.148. The van der Waals surface area contributed by atoms with Gasteiger partial charge in [-0.05, 0) is 47.0 Å². The minimum atomic E-state index is -0.547. The van der Waals surface area contributed by atoms with Crippen LogP contribution in [0.25, 0.3) is 0 Å². The molecule has 1 atom stereocenters. The average Bonchev–Trinajstić information content (AvgIpc) is 2.97. The fraction of sp³-hybridized carbons (Fsp3) is 0.824. The molecule has 1 aliphatic rings. The first kappa shape index (κ1) is 21.5. The molecule has 0 aromatic heterocycles. The molecule has 0 aromatic carbocycles. The summed E-state index contributed by atoms with van der Waals surface area (Å²) in [4.78, 5) is 39.0. The lowest BCUT2D eigenvalue weighted by atomic mass is 10.1. The van der Waals surface area contributed by atoms with Crippen LogP contribution in [0.2, 0.25) is 0 Å². The van der Waals surface area contributed by atoms with Crippen LogP contribution >= 0.6 is 11.6 Å². The van der Waals surface area contributed by atoms with Gasteiger partial charge in [-0.25, -0.2) is 4.79 Å². The molecule has 0 radical (unpaired) electrons. The van der Waals surface area contributed by atoms with Crippen LogP contribution in [0.5, 0.6) is 0 Å². The number of carbonyl (C=O) groups excluding carboxylic acids is 3. The molecule has 1 saturated heterocycles. The van der Waals surface area contributed by atoms with Crippen LogP contribution in [0.1, 0.15) is 47.0 Å². The van der Waals surface area contributed by atoms with E-state index in [4.69, 9.17) is 21.1 Å². The number of halogens is 1. The molecule has 0 saturated carbocycles. The Morgan fingerprint density at radius 2 is 1.96 bits per heavy atom. The van der Waals surface area contributed by atoms with E-state index in [2.05, 4.69) is 0 Å². The number of esters is 1. The lowest BCUT2D eigenvalue weighted by Gasteiger charge is -2.30. The molecule has 0 aromatic rings. The minimum absolute atomic E-state index is 0.0114. The van der Waals surface area contributed by atoms with Gasteiger partial charge >= 0.3 is 12.1 Å². The van der Waals surface area contributed by atoms with Gasteiger partial charge in [-0.15, -0.1) is 11.6 Å². The van der Waals surface area contributed by atoms with Crippen molar-refractivity contribution in [1.82, 2.24) is 9.80 Å². The van der Waals surface area contributed by atoms with E-state index < -0.39 is 11.6 Å². The summed E-state index contributed by atoms with van der Waals surface area (Å²) in [7, 11) is 0.